The Labute approximate surface area is 83.2 Å². The molecule has 0 bridgehead atoms. The molecule has 0 radical (unpaired) electrons. The molecule has 0 aliphatic rings. The molecule has 0 fully saturated rings. The highest BCUT2D eigenvalue weighted by molar-refractivity contribution is 5.83. The van der Waals surface area contributed by atoms with Crippen molar-refractivity contribution in [2.45, 2.75) is 0 Å². The zero-order chi connectivity index (χ0) is 10.1. The Morgan fingerprint density at radius 2 is 1.86 bits per heavy atom. The Bertz CT molecular complexity index is 463. The van der Waals surface area contributed by atoms with Gasteiger partial charge >= 0.3 is 0 Å². The van der Waals surface area contributed by atoms with E-state index in [9.17, 15) is 0 Å². The first-order valence-corrected chi connectivity index (χ1v) is 4.50. The lowest BCUT2D eigenvalue weighted by atomic mass is 10.2. The molecule has 0 amide bonds. The second kappa shape index (κ2) is 3.18. The third-order valence-corrected chi connectivity index (χ3v) is 2.21. The van der Waals surface area contributed by atoms with Gasteiger partial charge in [0.2, 0.25) is 0 Å². The molecule has 1 aromatic heterocycles. The molecule has 0 saturated carbocycles. The third kappa shape index (κ3) is 1.48. The van der Waals surface area contributed by atoms with Gasteiger partial charge < -0.3 is 10.6 Å². The van der Waals surface area contributed by atoms with Gasteiger partial charge in [-0.3, -0.25) is 0 Å². The number of nitrogens with two attached hydrogens (primary N) is 1. The molecule has 2 N–H and O–H groups in total. The van der Waals surface area contributed by atoms with Gasteiger partial charge in [-0.15, -0.1) is 0 Å². The van der Waals surface area contributed by atoms with Crippen molar-refractivity contribution in [2.75, 3.05) is 24.7 Å². The van der Waals surface area contributed by atoms with Crippen LogP contribution in [0, 0.1) is 0 Å². The summed E-state index contributed by atoms with van der Waals surface area (Å²) >= 11 is 0. The minimum Gasteiger partial charge on any atom is -0.384 e. The summed E-state index contributed by atoms with van der Waals surface area (Å²) in [5, 5.41) is 1.12. The summed E-state index contributed by atoms with van der Waals surface area (Å²) in [5.41, 5.74) is 7.70. The quantitative estimate of drug-likeness (QED) is 0.741. The molecule has 0 aliphatic carbocycles. The van der Waals surface area contributed by atoms with Crippen molar-refractivity contribution in [1.82, 2.24) is 4.98 Å². The van der Waals surface area contributed by atoms with Crippen molar-refractivity contribution in [1.29, 1.82) is 0 Å². The number of pyridine rings is 1. The minimum absolute atomic E-state index is 0.563. The maximum Gasteiger partial charge on any atom is 0.124 e. The van der Waals surface area contributed by atoms with E-state index >= 15 is 0 Å². The Balaban J connectivity index is 2.63. The summed E-state index contributed by atoms with van der Waals surface area (Å²) in [4.78, 5) is 6.32. The zero-order valence-corrected chi connectivity index (χ0v) is 8.36. The molecule has 0 atom stereocenters. The molecule has 0 spiro atoms. The van der Waals surface area contributed by atoms with Gasteiger partial charge in [-0.1, -0.05) is 6.07 Å². The Morgan fingerprint density at radius 1 is 1.14 bits per heavy atom. The summed E-state index contributed by atoms with van der Waals surface area (Å²) in [6.07, 6.45) is 0. The number of anilines is 2. The lowest BCUT2D eigenvalue weighted by Gasteiger charge is -2.12. The van der Waals surface area contributed by atoms with E-state index < -0.39 is 0 Å². The Hall–Kier alpha value is -1.77. The fraction of sp³-hybridized carbons (Fsp3) is 0.182. The van der Waals surface area contributed by atoms with Gasteiger partial charge in [0.1, 0.15) is 5.82 Å². The van der Waals surface area contributed by atoms with Crippen molar-refractivity contribution in [3.63, 3.8) is 0 Å². The number of hydrogen-bond acceptors (Lipinski definition) is 3. The maximum atomic E-state index is 5.63. The first-order chi connectivity index (χ1) is 6.66. The Kier molecular flexibility index (Phi) is 2.00. The number of hydrogen-bond donors (Lipinski definition) is 1. The molecule has 0 unspecified atom stereocenters. The molecule has 72 valence electrons. The van der Waals surface area contributed by atoms with E-state index in [0.29, 0.717) is 5.82 Å². The largest absolute Gasteiger partial charge is 0.384 e. The van der Waals surface area contributed by atoms with E-state index in [-0.39, 0.29) is 0 Å². The smallest absolute Gasteiger partial charge is 0.124 e. The lowest BCUT2D eigenvalue weighted by Crippen LogP contribution is -2.08. The number of nitrogens with zero attached hydrogens (tertiary/aromatic N) is 2. The summed E-state index contributed by atoms with van der Waals surface area (Å²) in [6.45, 7) is 0. The Morgan fingerprint density at radius 3 is 2.57 bits per heavy atom. The van der Waals surface area contributed by atoms with Crippen LogP contribution in [0.4, 0.5) is 11.5 Å². The lowest BCUT2D eigenvalue weighted by molar-refractivity contribution is 1.13. The van der Waals surface area contributed by atoms with E-state index in [4.69, 9.17) is 5.73 Å². The van der Waals surface area contributed by atoms with E-state index in [1.54, 1.807) is 0 Å². The molecule has 1 heterocycles. The van der Waals surface area contributed by atoms with Crippen LogP contribution in [0.15, 0.2) is 30.3 Å². The minimum atomic E-state index is 0.563. The van der Waals surface area contributed by atoms with Gasteiger partial charge in [-0.2, -0.15) is 0 Å². The monoisotopic (exact) mass is 187 g/mol. The van der Waals surface area contributed by atoms with Gasteiger partial charge in [-0.05, 0) is 24.3 Å². The van der Waals surface area contributed by atoms with Crippen LogP contribution in [0.5, 0.6) is 0 Å². The highest BCUT2D eigenvalue weighted by atomic mass is 15.1. The molecule has 1 aromatic carbocycles. The molecule has 2 rings (SSSR count). The van der Waals surface area contributed by atoms with Crippen LogP contribution in [0.3, 0.4) is 0 Å². The van der Waals surface area contributed by atoms with Crippen molar-refractivity contribution in [2.24, 2.45) is 0 Å². The predicted octanol–water partition coefficient (Wildman–Crippen LogP) is 1.88. The normalized spacial score (nSPS) is 10.4. The summed E-state index contributed by atoms with van der Waals surface area (Å²) in [5.74, 6) is 0.563. The van der Waals surface area contributed by atoms with Crippen molar-refractivity contribution in [3.05, 3.63) is 30.3 Å². The van der Waals surface area contributed by atoms with Crippen LogP contribution in [0.1, 0.15) is 0 Å². The summed E-state index contributed by atoms with van der Waals surface area (Å²) < 4.78 is 0. The van der Waals surface area contributed by atoms with Gasteiger partial charge in [0.05, 0.1) is 5.52 Å². The van der Waals surface area contributed by atoms with Gasteiger partial charge in [0.25, 0.3) is 0 Å². The second-order valence-corrected chi connectivity index (χ2v) is 3.51. The molecule has 3 heteroatoms. The average Bonchev–Trinajstić information content (AvgIpc) is 2.16. The number of fused-ring (bicyclic) bond motifs is 1. The number of rotatable bonds is 1. The summed E-state index contributed by atoms with van der Waals surface area (Å²) in [6, 6.07) is 9.96. The molecule has 0 aliphatic heterocycles. The predicted molar refractivity (Wildman–Crippen MR) is 60.5 cm³/mol. The van der Waals surface area contributed by atoms with Crippen LogP contribution >= 0.6 is 0 Å². The molecule has 2 aromatic rings. The van der Waals surface area contributed by atoms with Crippen LogP contribution < -0.4 is 10.6 Å². The fourth-order valence-electron chi connectivity index (χ4n) is 1.40. The van der Waals surface area contributed by atoms with E-state index in [2.05, 4.69) is 17.1 Å². The van der Waals surface area contributed by atoms with Crippen molar-refractivity contribution < 1.29 is 0 Å². The first kappa shape index (κ1) is 8.81. The molecule has 3 nitrogen and oxygen atoms in total. The van der Waals surface area contributed by atoms with Crippen LogP contribution in [0.2, 0.25) is 0 Å². The standard InChI is InChI=1S/C11H13N3/c1-14(2)9-5-3-8-4-6-11(12)13-10(8)7-9/h3-7H,1-2H3,(H2,12,13). The highest BCUT2D eigenvalue weighted by Gasteiger charge is 1.99. The molecular formula is C11H13N3. The second-order valence-electron chi connectivity index (χ2n) is 3.51. The van der Waals surface area contributed by atoms with Crippen LogP contribution in [0.25, 0.3) is 10.9 Å². The zero-order valence-electron chi connectivity index (χ0n) is 8.36. The fourth-order valence-corrected chi connectivity index (χ4v) is 1.40. The maximum absolute atomic E-state index is 5.63. The van der Waals surface area contributed by atoms with E-state index in [1.807, 2.05) is 37.2 Å². The summed E-state index contributed by atoms with van der Waals surface area (Å²) in [7, 11) is 4.01. The van der Waals surface area contributed by atoms with E-state index in [0.717, 1.165) is 16.6 Å². The topological polar surface area (TPSA) is 42.1 Å². The van der Waals surface area contributed by atoms with Crippen molar-refractivity contribution in [3.8, 4) is 0 Å². The molecule has 14 heavy (non-hydrogen) atoms. The SMILES string of the molecule is CN(C)c1ccc2ccc(N)nc2c1. The van der Waals surface area contributed by atoms with Crippen molar-refractivity contribution >= 4 is 22.4 Å². The number of nitrogen functional groups attached to an aromatic ring is 1. The van der Waals surface area contributed by atoms with E-state index in [1.165, 1.54) is 0 Å². The van der Waals surface area contributed by atoms with Gasteiger partial charge in [-0.25, -0.2) is 4.98 Å². The van der Waals surface area contributed by atoms with Crippen LogP contribution in [-0.2, 0) is 0 Å². The first-order valence-electron chi connectivity index (χ1n) is 4.50. The van der Waals surface area contributed by atoms with Gasteiger partial charge in [0, 0.05) is 25.2 Å². The van der Waals surface area contributed by atoms with Crippen LogP contribution in [-0.4, -0.2) is 19.1 Å². The number of benzene rings is 1. The van der Waals surface area contributed by atoms with Gasteiger partial charge in [0.15, 0.2) is 0 Å². The average molecular weight is 187 g/mol. The third-order valence-electron chi connectivity index (χ3n) is 2.21. The number of aromatic nitrogens is 1. The highest BCUT2D eigenvalue weighted by Crippen LogP contribution is 2.19. The molecular weight excluding hydrogens is 174 g/mol. The molecule has 0 saturated heterocycles.